The summed E-state index contributed by atoms with van der Waals surface area (Å²) in [5, 5.41) is -0.116. The van der Waals surface area contributed by atoms with Crippen molar-refractivity contribution in [2.45, 2.75) is 19.1 Å². The summed E-state index contributed by atoms with van der Waals surface area (Å²) in [6.45, 7) is 1.60. The molecule has 0 bridgehead atoms. The zero-order valence-corrected chi connectivity index (χ0v) is 12.8. The highest BCUT2D eigenvalue weighted by atomic mass is 35.5. The Hall–Kier alpha value is -0.330. The Morgan fingerprint density at radius 3 is 2.63 bits per heavy atom. The maximum atomic E-state index is 13.8. The minimum absolute atomic E-state index is 0. The molecule has 1 rings (SSSR count). The van der Waals surface area contributed by atoms with Gasteiger partial charge in [-0.15, -0.1) is 12.4 Å². The third-order valence-corrected chi connectivity index (χ3v) is 3.19. The highest BCUT2D eigenvalue weighted by molar-refractivity contribution is 6.43. The van der Waals surface area contributed by atoms with Gasteiger partial charge >= 0.3 is 5.97 Å². The standard InChI is InChI=1S/C10H10Cl3FN2O2.ClH/c1-2-18-10(17)7(14)8(15)5-4(11)3-16-9(13)6(5)12;/h3,7-8H,2,15H2,1H3;1H/t7?,8-;/m1./s1. The molecule has 0 saturated carbocycles. The Morgan fingerprint density at radius 2 is 2.11 bits per heavy atom. The number of nitrogens with zero attached hydrogens (tertiary/aromatic N) is 1. The van der Waals surface area contributed by atoms with Crippen molar-refractivity contribution < 1.29 is 13.9 Å². The summed E-state index contributed by atoms with van der Waals surface area (Å²) >= 11 is 17.3. The lowest BCUT2D eigenvalue weighted by Crippen LogP contribution is -2.32. The van der Waals surface area contributed by atoms with Crippen molar-refractivity contribution in [1.82, 2.24) is 4.98 Å². The average Bonchev–Trinajstić information content (AvgIpc) is 2.33. The number of ether oxygens (including phenoxy) is 1. The van der Waals surface area contributed by atoms with Gasteiger partial charge in [0.05, 0.1) is 22.7 Å². The van der Waals surface area contributed by atoms with Crippen molar-refractivity contribution in [3.8, 4) is 0 Å². The minimum atomic E-state index is -2.08. The van der Waals surface area contributed by atoms with Gasteiger partial charge in [-0.2, -0.15) is 0 Å². The quantitative estimate of drug-likeness (QED) is 0.667. The number of halogens is 5. The van der Waals surface area contributed by atoms with Crippen LogP contribution in [0.2, 0.25) is 15.2 Å². The second kappa shape index (κ2) is 8.07. The number of aromatic nitrogens is 1. The van der Waals surface area contributed by atoms with Crippen molar-refractivity contribution in [1.29, 1.82) is 0 Å². The van der Waals surface area contributed by atoms with Crippen LogP contribution in [0.1, 0.15) is 18.5 Å². The molecule has 2 atom stereocenters. The van der Waals surface area contributed by atoms with E-state index in [4.69, 9.17) is 40.5 Å². The summed E-state index contributed by atoms with van der Waals surface area (Å²) < 4.78 is 18.3. The van der Waals surface area contributed by atoms with E-state index in [1.165, 1.54) is 6.20 Å². The molecule has 0 radical (unpaired) electrons. The van der Waals surface area contributed by atoms with Gasteiger partial charge in [-0.05, 0) is 6.92 Å². The Balaban J connectivity index is 0.00000324. The number of nitrogens with two attached hydrogens (primary N) is 1. The predicted molar refractivity (Wildman–Crippen MR) is 75.0 cm³/mol. The number of hydrogen-bond acceptors (Lipinski definition) is 4. The first kappa shape index (κ1) is 18.7. The van der Waals surface area contributed by atoms with Crippen LogP contribution in [-0.2, 0) is 9.53 Å². The third-order valence-electron chi connectivity index (χ3n) is 2.13. The Bertz CT molecular complexity index is 461. The zero-order valence-electron chi connectivity index (χ0n) is 9.70. The number of hydrogen-bond donors (Lipinski definition) is 1. The highest BCUT2D eigenvalue weighted by Crippen LogP contribution is 2.35. The molecule has 2 N–H and O–H groups in total. The fourth-order valence-electron chi connectivity index (χ4n) is 1.28. The van der Waals surface area contributed by atoms with E-state index in [9.17, 15) is 9.18 Å². The fourth-order valence-corrected chi connectivity index (χ4v) is 2.02. The van der Waals surface area contributed by atoms with Gasteiger partial charge in [0.1, 0.15) is 5.15 Å². The maximum Gasteiger partial charge on any atom is 0.342 e. The predicted octanol–water partition coefficient (Wildman–Crippen LogP) is 3.36. The van der Waals surface area contributed by atoms with E-state index in [1.54, 1.807) is 6.92 Å². The van der Waals surface area contributed by atoms with Crippen LogP contribution in [0.5, 0.6) is 0 Å². The van der Waals surface area contributed by atoms with Gasteiger partial charge in [-0.3, -0.25) is 0 Å². The lowest BCUT2D eigenvalue weighted by molar-refractivity contribution is -0.149. The Labute approximate surface area is 130 Å². The third kappa shape index (κ3) is 4.33. The van der Waals surface area contributed by atoms with E-state index in [0.717, 1.165) is 0 Å². The number of carbonyl (C=O) groups is 1. The van der Waals surface area contributed by atoms with Gasteiger partial charge in [0.25, 0.3) is 0 Å². The van der Waals surface area contributed by atoms with E-state index >= 15 is 0 Å². The molecule has 1 aromatic rings. The lowest BCUT2D eigenvalue weighted by atomic mass is 10.0. The molecule has 1 heterocycles. The Morgan fingerprint density at radius 1 is 1.53 bits per heavy atom. The summed E-state index contributed by atoms with van der Waals surface area (Å²) in [6, 6.07) is -1.37. The molecular formula is C10H11Cl4FN2O2. The molecule has 1 unspecified atom stereocenters. The number of pyridine rings is 1. The second-order valence-corrected chi connectivity index (χ2v) is 4.45. The first-order valence-corrected chi connectivity index (χ1v) is 6.09. The van der Waals surface area contributed by atoms with Crippen molar-refractivity contribution in [2.75, 3.05) is 6.61 Å². The van der Waals surface area contributed by atoms with Crippen LogP contribution in [0.4, 0.5) is 4.39 Å². The molecule has 0 aliphatic heterocycles. The normalized spacial score (nSPS) is 13.4. The first-order valence-electron chi connectivity index (χ1n) is 4.95. The van der Waals surface area contributed by atoms with Crippen LogP contribution in [0.25, 0.3) is 0 Å². The molecule has 0 aliphatic rings. The summed E-state index contributed by atoms with van der Waals surface area (Å²) in [5.41, 5.74) is 5.64. The lowest BCUT2D eigenvalue weighted by Gasteiger charge is -2.18. The maximum absolute atomic E-state index is 13.8. The highest BCUT2D eigenvalue weighted by Gasteiger charge is 2.31. The second-order valence-electron chi connectivity index (χ2n) is 3.30. The van der Waals surface area contributed by atoms with Crippen LogP contribution in [0, 0.1) is 0 Å². The monoisotopic (exact) mass is 350 g/mol. The Kier molecular flexibility index (Phi) is 7.93. The molecule has 108 valence electrons. The van der Waals surface area contributed by atoms with Gasteiger partial charge in [-0.1, -0.05) is 34.8 Å². The van der Waals surface area contributed by atoms with Crippen molar-refractivity contribution >= 4 is 53.2 Å². The smallest absolute Gasteiger partial charge is 0.342 e. The molecule has 19 heavy (non-hydrogen) atoms. The van der Waals surface area contributed by atoms with Gasteiger partial charge in [-0.25, -0.2) is 14.2 Å². The molecule has 0 spiro atoms. The summed E-state index contributed by atoms with van der Waals surface area (Å²) in [5.74, 6) is -1.08. The molecule has 0 amide bonds. The van der Waals surface area contributed by atoms with Crippen molar-refractivity contribution in [3.05, 3.63) is 27.0 Å². The van der Waals surface area contributed by atoms with Crippen molar-refractivity contribution in [2.24, 2.45) is 5.73 Å². The van der Waals surface area contributed by atoms with Crippen LogP contribution in [0.3, 0.4) is 0 Å². The topological polar surface area (TPSA) is 65.2 Å². The largest absolute Gasteiger partial charge is 0.464 e. The molecule has 9 heteroatoms. The number of rotatable bonds is 4. The molecule has 0 aliphatic carbocycles. The van der Waals surface area contributed by atoms with E-state index in [2.05, 4.69) is 9.72 Å². The molecule has 0 aromatic carbocycles. The average molecular weight is 352 g/mol. The molecular weight excluding hydrogens is 341 g/mol. The van der Waals surface area contributed by atoms with E-state index < -0.39 is 18.2 Å². The van der Waals surface area contributed by atoms with Gasteiger partial charge in [0.15, 0.2) is 0 Å². The first-order chi connectivity index (χ1) is 8.40. The van der Waals surface area contributed by atoms with Crippen molar-refractivity contribution in [3.63, 3.8) is 0 Å². The number of esters is 1. The van der Waals surface area contributed by atoms with E-state index in [-0.39, 0.29) is 39.8 Å². The number of carbonyl (C=O) groups excluding carboxylic acids is 1. The van der Waals surface area contributed by atoms with E-state index in [0.29, 0.717) is 0 Å². The minimum Gasteiger partial charge on any atom is -0.464 e. The van der Waals surface area contributed by atoms with Gasteiger partial charge in [0.2, 0.25) is 6.17 Å². The van der Waals surface area contributed by atoms with Gasteiger partial charge in [0, 0.05) is 11.8 Å². The molecule has 0 saturated heterocycles. The fraction of sp³-hybridized carbons (Fsp3) is 0.400. The molecule has 1 aromatic heterocycles. The number of alkyl halides is 1. The SMILES string of the molecule is CCOC(=O)C(F)[C@H](N)c1c(Cl)cnc(Cl)c1Cl.Cl. The summed E-state index contributed by atoms with van der Waals surface area (Å²) in [7, 11) is 0. The summed E-state index contributed by atoms with van der Waals surface area (Å²) in [4.78, 5) is 14.9. The van der Waals surface area contributed by atoms with Crippen LogP contribution >= 0.6 is 47.2 Å². The van der Waals surface area contributed by atoms with Crippen LogP contribution < -0.4 is 5.73 Å². The molecule has 4 nitrogen and oxygen atoms in total. The van der Waals surface area contributed by atoms with Gasteiger partial charge < -0.3 is 10.5 Å². The molecule has 0 fully saturated rings. The zero-order chi connectivity index (χ0) is 13.9. The summed E-state index contributed by atoms with van der Waals surface area (Å²) in [6.07, 6.45) is -0.901. The van der Waals surface area contributed by atoms with Crippen LogP contribution in [-0.4, -0.2) is 23.7 Å². The van der Waals surface area contributed by atoms with E-state index in [1.807, 2.05) is 0 Å². The van der Waals surface area contributed by atoms with Crippen LogP contribution in [0.15, 0.2) is 6.20 Å².